The molecule has 1 amide bonds. The van der Waals surface area contributed by atoms with E-state index < -0.39 is 45.0 Å². The van der Waals surface area contributed by atoms with E-state index >= 15 is 0 Å². The second-order valence-electron chi connectivity index (χ2n) is 11.3. The number of fused-ring (bicyclic) bond motifs is 1. The number of aromatic nitrogens is 4. The molecule has 2 aromatic heterocycles. The minimum atomic E-state index is -3.87. The third kappa shape index (κ3) is 13.6. The van der Waals surface area contributed by atoms with Gasteiger partial charge in [-0.05, 0) is 51.9 Å². The highest BCUT2D eigenvalue weighted by Gasteiger charge is 2.45. The number of allylic oxidation sites excluding steroid dienone is 10. The number of rotatable bonds is 23. The Labute approximate surface area is 293 Å². The number of nitrogen functional groups attached to an aromatic ring is 1. The molecule has 276 valence electrons. The fourth-order valence-corrected chi connectivity index (χ4v) is 6.22. The number of aliphatic hydroxyl groups is 2. The van der Waals surface area contributed by atoms with Crippen molar-refractivity contribution in [3.8, 4) is 0 Å². The number of nitrogens with one attached hydrogen (secondary N) is 2. The van der Waals surface area contributed by atoms with Crippen LogP contribution in [0.15, 0.2) is 67.1 Å². The van der Waals surface area contributed by atoms with Gasteiger partial charge in [-0.1, -0.05) is 67.7 Å². The van der Waals surface area contributed by atoms with E-state index in [1.165, 1.54) is 10.9 Å². The molecule has 0 aliphatic carbocycles. The van der Waals surface area contributed by atoms with Gasteiger partial charge in [0.1, 0.15) is 18.3 Å². The molecule has 5 atom stereocenters. The van der Waals surface area contributed by atoms with Crippen LogP contribution >= 0.6 is 7.75 Å². The molecule has 6 N–H and O–H groups in total. The van der Waals surface area contributed by atoms with Gasteiger partial charge in [0.2, 0.25) is 5.91 Å². The standard InChI is InChI=1S/C34H51FN7O7P/c1-3-5-6-7-8-9-10-11-12-13-14-15-16-17-18-19-20-21-27(43)37-22-23-39-50(46,47-4-2)48-24-26-29(44)30(45)33(49-26)42-25-38-28-31(36)40-34(35)41-32(28)42/h5-6,8-9,11-12,14-15,17-18,25-26,29-30,33,44-45H,3-4,7,10,13,16,19-24H2,1-2H3,(H,37,43)(H,39,46)(H2,36,40,41)/b6-5-,9-8-,12-11-,15-14-,18-17-/t26-,29-,30+,33?,50?/m1/s1. The number of nitrogens with zero attached hydrogens (tertiary/aromatic N) is 4. The van der Waals surface area contributed by atoms with Gasteiger partial charge in [0, 0.05) is 19.5 Å². The number of unbranched alkanes of at least 4 members (excludes halogenated alkanes) is 1. The molecule has 1 aliphatic heterocycles. The Morgan fingerprint density at radius 1 is 0.980 bits per heavy atom. The lowest BCUT2D eigenvalue weighted by Gasteiger charge is -2.21. The lowest BCUT2D eigenvalue weighted by molar-refractivity contribution is -0.121. The number of halogens is 1. The lowest BCUT2D eigenvalue weighted by Crippen LogP contribution is -2.35. The summed E-state index contributed by atoms with van der Waals surface area (Å²) in [7, 11) is -3.87. The Kier molecular flexibility index (Phi) is 18.2. The van der Waals surface area contributed by atoms with Gasteiger partial charge >= 0.3 is 13.8 Å². The summed E-state index contributed by atoms with van der Waals surface area (Å²) in [5.74, 6) is -0.326. The number of anilines is 1. The topological polar surface area (TPSA) is 196 Å². The molecule has 1 saturated heterocycles. The van der Waals surface area contributed by atoms with E-state index in [4.69, 9.17) is 19.5 Å². The van der Waals surface area contributed by atoms with Gasteiger partial charge in [-0.3, -0.25) is 18.4 Å². The monoisotopic (exact) mass is 719 g/mol. The van der Waals surface area contributed by atoms with Crippen LogP contribution in [0.25, 0.3) is 11.2 Å². The Balaban J connectivity index is 1.30. The zero-order valence-corrected chi connectivity index (χ0v) is 29.7. The van der Waals surface area contributed by atoms with Crippen molar-refractivity contribution < 1.29 is 37.7 Å². The van der Waals surface area contributed by atoms with Gasteiger partial charge in [0.25, 0.3) is 0 Å². The van der Waals surface area contributed by atoms with Crippen LogP contribution in [0.3, 0.4) is 0 Å². The van der Waals surface area contributed by atoms with Gasteiger partial charge in [-0.2, -0.15) is 14.4 Å². The minimum Gasteiger partial charge on any atom is -0.387 e. The minimum absolute atomic E-state index is 0.0364. The first-order valence-corrected chi connectivity index (χ1v) is 18.6. The van der Waals surface area contributed by atoms with E-state index in [0.717, 1.165) is 38.5 Å². The molecule has 2 unspecified atom stereocenters. The largest absolute Gasteiger partial charge is 0.405 e. The summed E-state index contributed by atoms with van der Waals surface area (Å²) in [6.45, 7) is 3.67. The third-order valence-electron chi connectivity index (χ3n) is 7.43. The number of imidazole rings is 1. The highest BCUT2D eigenvalue weighted by molar-refractivity contribution is 7.51. The molecule has 3 heterocycles. The van der Waals surface area contributed by atoms with Crippen LogP contribution in [0.5, 0.6) is 0 Å². The van der Waals surface area contributed by atoms with Gasteiger partial charge in [-0.25, -0.2) is 14.6 Å². The van der Waals surface area contributed by atoms with Gasteiger partial charge in [-0.15, -0.1) is 0 Å². The first kappa shape index (κ1) is 40.9. The van der Waals surface area contributed by atoms with Crippen LogP contribution in [-0.4, -0.2) is 80.3 Å². The number of carbonyl (C=O) groups excluding carboxylic acids is 1. The van der Waals surface area contributed by atoms with Crippen molar-refractivity contribution in [2.45, 2.75) is 89.8 Å². The number of nitrogens with two attached hydrogens (primary N) is 1. The molecule has 3 rings (SSSR count). The van der Waals surface area contributed by atoms with E-state index in [9.17, 15) is 24.0 Å². The molecule has 14 nitrogen and oxygen atoms in total. The van der Waals surface area contributed by atoms with Gasteiger partial charge in [0.15, 0.2) is 23.2 Å². The number of amides is 1. The van der Waals surface area contributed by atoms with Crippen LogP contribution in [0, 0.1) is 6.08 Å². The quantitative estimate of drug-likeness (QED) is 0.0449. The van der Waals surface area contributed by atoms with Crippen LogP contribution < -0.4 is 16.1 Å². The Morgan fingerprint density at radius 2 is 1.62 bits per heavy atom. The Morgan fingerprint density at radius 3 is 2.26 bits per heavy atom. The zero-order chi connectivity index (χ0) is 36.2. The normalized spacial score (nSPS) is 21.2. The van der Waals surface area contributed by atoms with E-state index in [1.807, 2.05) is 0 Å². The average molecular weight is 720 g/mol. The summed E-state index contributed by atoms with van der Waals surface area (Å²) < 4.78 is 44.8. The van der Waals surface area contributed by atoms with E-state index in [0.29, 0.717) is 12.8 Å². The molecule has 16 heteroatoms. The summed E-state index contributed by atoms with van der Waals surface area (Å²) in [5.41, 5.74) is 5.76. The number of hydrogen-bond acceptors (Lipinski definition) is 11. The molecular weight excluding hydrogens is 668 g/mol. The maximum Gasteiger partial charge on any atom is 0.405 e. The smallest absolute Gasteiger partial charge is 0.387 e. The number of hydrogen-bond donors (Lipinski definition) is 5. The van der Waals surface area contributed by atoms with Crippen LogP contribution in [0.4, 0.5) is 10.2 Å². The fourth-order valence-electron chi connectivity index (χ4n) is 4.90. The molecular formula is C34H51FN7O7P. The van der Waals surface area contributed by atoms with Crippen LogP contribution in [0.2, 0.25) is 0 Å². The number of carbonyl (C=O) groups is 1. The highest BCUT2D eigenvalue weighted by Crippen LogP contribution is 2.44. The van der Waals surface area contributed by atoms with Gasteiger partial charge < -0.3 is 26.0 Å². The first-order valence-electron chi connectivity index (χ1n) is 17.0. The molecule has 0 aromatic carbocycles. The Hall–Kier alpha value is -3.56. The molecule has 0 bridgehead atoms. The molecule has 0 saturated carbocycles. The van der Waals surface area contributed by atoms with Crippen LogP contribution in [-0.2, 0) is 23.1 Å². The molecule has 0 spiro atoms. The first-order chi connectivity index (χ1) is 24.2. The summed E-state index contributed by atoms with van der Waals surface area (Å²) in [6, 6.07) is 0. The third-order valence-corrected chi connectivity index (χ3v) is 9.12. The van der Waals surface area contributed by atoms with Crippen molar-refractivity contribution in [3.05, 3.63) is 73.2 Å². The lowest BCUT2D eigenvalue weighted by atomic mass is 10.1. The predicted molar refractivity (Wildman–Crippen MR) is 190 cm³/mol. The summed E-state index contributed by atoms with van der Waals surface area (Å²) >= 11 is 0. The van der Waals surface area contributed by atoms with E-state index in [-0.39, 0.29) is 42.6 Å². The number of aliphatic hydroxyl groups excluding tert-OH is 2. The van der Waals surface area contributed by atoms with E-state index in [2.05, 4.69) is 93.0 Å². The van der Waals surface area contributed by atoms with Crippen molar-refractivity contribution in [2.75, 3.05) is 32.0 Å². The second-order valence-corrected chi connectivity index (χ2v) is 13.1. The van der Waals surface area contributed by atoms with Crippen molar-refractivity contribution in [2.24, 2.45) is 0 Å². The SMILES string of the molecule is CC/C=C\C/C=C\C/C=C\C/C=C\C/C=C\CCCC(=O)NCCNP(=O)(OCC)OC[C@H]1OC(n2cnc3c(N)nc(F)nc32)[C@@H](O)[C@@H]1O. The zero-order valence-electron chi connectivity index (χ0n) is 28.8. The molecule has 1 aliphatic rings. The van der Waals surface area contributed by atoms with Crippen molar-refractivity contribution in [3.63, 3.8) is 0 Å². The predicted octanol–water partition coefficient (Wildman–Crippen LogP) is 4.96. The molecule has 50 heavy (non-hydrogen) atoms. The Bertz CT molecular complexity index is 1530. The van der Waals surface area contributed by atoms with Crippen molar-refractivity contribution >= 4 is 30.6 Å². The number of ether oxygens (including phenoxy) is 1. The molecule has 2 aromatic rings. The molecule has 0 radical (unpaired) electrons. The highest BCUT2D eigenvalue weighted by atomic mass is 31.2. The average Bonchev–Trinajstić information content (AvgIpc) is 3.63. The maximum absolute atomic E-state index is 13.8. The van der Waals surface area contributed by atoms with Crippen molar-refractivity contribution in [1.82, 2.24) is 29.9 Å². The van der Waals surface area contributed by atoms with Crippen LogP contribution in [0.1, 0.15) is 71.4 Å². The maximum atomic E-state index is 13.8. The van der Waals surface area contributed by atoms with E-state index in [1.54, 1.807) is 6.92 Å². The second kappa shape index (κ2) is 22.3. The summed E-state index contributed by atoms with van der Waals surface area (Å²) in [6.07, 6.45) is 22.9. The van der Waals surface area contributed by atoms with Crippen molar-refractivity contribution in [1.29, 1.82) is 0 Å². The summed E-state index contributed by atoms with van der Waals surface area (Å²) in [4.78, 5) is 23.4. The molecule has 1 fully saturated rings. The van der Waals surface area contributed by atoms with Gasteiger partial charge in [0.05, 0.1) is 19.5 Å². The summed E-state index contributed by atoms with van der Waals surface area (Å²) in [5, 5.41) is 26.7. The fraction of sp³-hybridized carbons (Fsp3) is 0.529.